The number of nitrogens with zero attached hydrogens (tertiary/aromatic N) is 1. The van der Waals surface area contributed by atoms with Crippen LogP contribution in [-0.2, 0) is 6.42 Å². The minimum absolute atomic E-state index is 0.614. The molecule has 0 amide bonds. The zero-order valence-corrected chi connectivity index (χ0v) is 12.9. The molecule has 1 aromatic rings. The first kappa shape index (κ1) is 15.5. The van der Waals surface area contributed by atoms with Gasteiger partial charge in [0, 0.05) is 17.6 Å². The van der Waals surface area contributed by atoms with Gasteiger partial charge in [0.25, 0.3) is 0 Å². The fourth-order valence-electron chi connectivity index (χ4n) is 2.02. The van der Waals surface area contributed by atoms with Crippen molar-refractivity contribution in [1.82, 2.24) is 4.90 Å². The standard InChI is InChI=1S/C16H26ClN/c1-13(2)8-10-18(14(3)4)11-9-15-6-5-7-16(17)12-15/h5-7,12-14H,8-11H2,1-4H3. The van der Waals surface area contributed by atoms with E-state index in [-0.39, 0.29) is 0 Å². The summed E-state index contributed by atoms with van der Waals surface area (Å²) in [6, 6.07) is 8.81. The van der Waals surface area contributed by atoms with Crippen LogP contribution in [-0.4, -0.2) is 24.0 Å². The molecule has 102 valence electrons. The second kappa shape index (κ2) is 7.81. The molecule has 0 aliphatic rings. The molecule has 0 saturated carbocycles. The van der Waals surface area contributed by atoms with Crippen molar-refractivity contribution in [3.8, 4) is 0 Å². The van der Waals surface area contributed by atoms with E-state index >= 15 is 0 Å². The van der Waals surface area contributed by atoms with Gasteiger partial charge in [-0.25, -0.2) is 0 Å². The highest BCUT2D eigenvalue weighted by Crippen LogP contribution is 2.13. The maximum Gasteiger partial charge on any atom is 0.0408 e. The predicted octanol–water partition coefficient (Wildman–Crippen LogP) is 4.64. The van der Waals surface area contributed by atoms with Crippen LogP contribution in [0.4, 0.5) is 0 Å². The van der Waals surface area contributed by atoms with Crippen molar-refractivity contribution in [2.24, 2.45) is 5.92 Å². The third kappa shape index (κ3) is 5.88. The van der Waals surface area contributed by atoms with Crippen molar-refractivity contribution < 1.29 is 0 Å². The Morgan fingerprint density at radius 3 is 2.39 bits per heavy atom. The van der Waals surface area contributed by atoms with E-state index < -0.39 is 0 Å². The summed E-state index contributed by atoms with van der Waals surface area (Å²) in [7, 11) is 0. The lowest BCUT2D eigenvalue weighted by Crippen LogP contribution is -2.34. The summed E-state index contributed by atoms with van der Waals surface area (Å²) in [5.41, 5.74) is 1.33. The fraction of sp³-hybridized carbons (Fsp3) is 0.625. The van der Waals surface area contributed by atoms with Crippen molar-refractivity contribution in [3.63, 3.8) is 0 Å². The molecule has 0 unspecified atom stereocenters. The van der Waals surface area contributed by atoms with Gasteiger partial charge in [-0.2, -0.15) is 0 Å². The highest BCUT2D eigenvalue weighted by Gasteiger charge is 2.10. The Bertz CT molecular complexity index is 347. The van der Waals surface area contributed by atoms with E-state index in [1.807, 2.05) is 12.1 Å². The van der Waals surface area contributed by atoms with Crippen LogP contribution in [0.2, 0.25) is 5.02 Å². The predicted molar refractivity (Wildman–Crippen MR) is 81.3 cm³/mol. The second-order valence-corrected chi connectivity index (χ2v) is 6.13. The van der Waals surface area contributed by atoms with Crippen molar-refractivity contribution in [2.45, 2.75) is 46.6 Å². The minimum atomic E-state index is 0.614. The molecule has 0 aliphatic heterocycles. The summed E-state index contributed by atoms with van der Waals surface area (Å²) < 4.78 is 0. The lowest BCUT2D eigenvalue weighted by atomic mass is 10.1. The molecule has 1 aromatic carbocycles. The van der Waals surface area contributed by atoms with E-state index in [0.29, 0.717) is 6.04 Å². The van der Waals surface area contributed by atoms with Gasteiger partial charge in [-0.3, -0.25) is 0 Å². The van der Waals surface area contributed by atoms with Gasteiger partial charge in [0.05, 0.1) is 0 Å². The van der Waals surface area contributed by atoms with E-state index in [1.54, 1.807) is 0 Å². The average molecular weight is 268 g/mol. The topological polar surface area (TPSA) is 3.24 Å². The maximum atomic E-state index is 6.01. The zero-order chi connectivity index (χ0) is 13.5. The van der Waals surface area contributed by atoms with Crippen molar-refractivity contribution >= 4 is 11.6 Å². The van der Waals surface area contributed by atoms with Crippen LogP contribution in [0.5, 0.6) is 0 Å². The largest absolute Gasteiger partial charge is 0.301 e. The van der Waals surface area contributed by atoms with Crippen LogP contribution in [0.3, 0.4) is 0 Å². The number of rotatable bonds is 7. The Balaban J connectivity index is 2.46. The SMILES string of the molecule is CC(C)CCN(CCc1cccc(Cl)c1)C(C)C. The molecule has 0 N–H and O–H groups in total. The van der Waals surface area contributed by atoms with Gasteiger partial charge in [0.2, 0.25) is 0 Å². The molecule has 2 heteroatoms. The highest BCUT2D eigenvalue weighted by molar-refractivity contribution is 6.30. The van der Waals surface area contributed by atoms with Crippen molar-refractivity contribution in [3.05, 3.63) is 34.9 Å². The summed E-state index contributed by atoms with van der Waals surface area (Å²) in [5, 5.41) is 0.839. The Labute approximate surface area is 117 Å². The first-order chi connectivity index (χ1) is 8.49. The smallest absolute Gasteiger partial charge is 0.0408 e. The van der Waals surface area contributed by atoms with Crippen LogP contribution in [0.1, 0.15) is 39.7 Å². The van der Waals surface area contributed by atoms with Gasteiger partial charge in [-0.15, -0.1) is 0 Å². The quantitative estimate of drug-likeness (QED) is 0.696. The van der Waals surface area contributed by atoms with Gasteiger partial charge in [0.1, 0.15) is 0 Å². The normalized spacial score (nSPS) is 11.8. The summed E-state index contributed by atoms with van der Waals surface area (Å²) >= 11 is 6.01. The summed E-state index contributed by atoms with van der Waals surface area (Å²) in [6.45, 7) is 11.4. The van der Waals surface area contributed by atoms with E-state index in [1.165, 1.54) is 18.5 Å². The Morgan fingerprint density at radius 2 is 1.83 bits per heavy atom. The third-order valence-corrected chi connectivity index (χ3v) is 3.54. The Morgan fingerprint density at radius 1 is 1.11 bits per heavy atom. The molecule has 0 aliphatic carbocycles. The van der Waals surface area contributed by atoms with Crippen LogP contribution in [0, 0.1) is 5.92 Å². The van der Waals surface area contributed by atoms with Crippen molar-refractivity contribution in [1.29, 1.82) is 0 Å². The summed E-state index contributed by atoms with van der Waals surface area (Å²) in [5.74, 6) is 0.775. The lowest BCUT2D eigenvalue weighted by Gasteiger charge is -2.27. The molecule has 0 spiro atoms. The van der Waals surface area contributed by atoms with Gasteiger partial charge in [0.15, 0.2) is 0 Å². The molecule has 0 fully saturated rings. The Kier molecular flexibility index (Phi) is 6.73. The molecule has 1 rings (SSSR count). The second-order valence-electron chi connectivity index (χ2n) is 5.69. The van der Waals surface area contributed by atoms with E-state index in [2.05, 4.69) is 44.7 Å². The van der Waals surface area contributed by atoms with Gasteiger partial charge in [-0.1, -0.05) is 37.6 Å². The number of hydrogen-bond acceptors (Lipinski definition) is 1. The van der Waals surface area contributed by atoms with Gasteiger partial charge >= 0.3 is 0 Å². The zero-order valence-electron chi connectivity index (χ0n) is 12.1. The van der Waals surface area contributed by atoms with E-state index in [9.17, 15) is 0 Å². The Hall–Kier alpha value is -0.530. The van der Waals surface area contributed by atoms with Crippen LogP contribution in [0.15, 0.2) is 24.3 Å². The van der Waals surface area contributed by atoms with Crippen LogP contribution < -0.4 is 0 Å². The van der Waals surface area contributed by atoms with E-state index in [0.717, 1.165) is 23.9 Å². The molecule has 0 radical (unpaired) electrons. The molecule has 0 heterocycles. The van der Waals surface area contributed by atoms with E-state index in [4.69, 9.17) is 11.6 Å². The lowest BCUT2D eigenvalue weighted by molar-refractivity contribution is 0.212. The maximum absolute atomic E-state index is 6.01. The summed E-state index contributed by atoms with van der Waals surface area (Å²) in [4.78, 5) is 2.56. The molecule has 1 nitrogen and oxygen atoms in total. The highest BCUT2D eigenvalue weighted by atomic mass is 35.5. The molecule has 0 atom stereocenters. The molecular weight excluding hydrogens is 242 g/mol. The molecule has 18 heavy (non-hydrogen) atoms. The minimum Gasteiger partial charge on any atom is -0.301 e. The fourth-order valence-corrected chi connectivity index (χ4v) is 2.23. The monoisotopic (exact) mass is 267 g/mol. The molecule has 0 bridgehead atoms. The third-order valence-electron chi connectivity index (χ3n) is 3.30. The van der Waals surface area contributed by atoms with Crippen LogP contribution in [0.25, 0.3) is 0 Å². The molecular formula is C16H26ClN. The summed E-state index contributed by atoms with van der Waals surface area (Å²) in [6.07, 6.45) is 2.35. The van der Waals surface area contributed by atoms with Crippen LogP contribution >= 0.6 is 11.6 Å². The van der Waals surface area contributed by atoms with Crippen molar-refractivity contribution in [2.75, 3.05) is 13.1 Å². The number of hydrogen-bond donors (Lipinski definition) is 0. The first-order valence-electron chi connectivity index (χ1n) is 6.97. The number of halogens is 1. The average Bonchev–Trinajstić information content (AvgIpc) is 2.28. The molecule has 0 saturated heterocycles. The first-order valence-corrected chi connectivity index (χ1v) is 7.35. The van der Waals surface area contributed by atoms with Gasteiger partial charge in [-0.05, 0) is 56.8 Å². The van der Waals surface area contributed by atoms with Gasteiger partial charge < -0.3 is 4.90 Å². The molecule has 0 aromatic heterocycles. The number of benzene rings is 1.